The number of hydrogen-bond acceptors (Lipinski definition) is 4. The molecule has 4 aliphatic carbocycles. The first-order chi connectivity index (χ1) is 14.4. The number of rotatable bonds is 3. The van der Waals surface area contributed by atoms with Gasteiger partial charge in [0.2, 0.25) is 0 Å². The number of fused-ring (bicyclic) bond motifs is 5. The minimum Gasteiger partial charge on any atom is -0.391 e. The number of ketones is 1. The zero-order valence-corrected chi connectivity index (χ0v) is 19.6. The van der Waals surface area contributed by atoms with E-state index in [0.29, 0.717) is 17.3 Å². The SMILES string of the molecule is C[C@]12C[C@@H](N3CCOCC3)[C@@H](O)C[C@@H]1CC[C@H]1[C@H]3CC[C@H](C(=O)CCl)[C@@]3(C)CC[C@@H]12. The highest BCUT2D eigenvalue weighted by Crippen LogP contribution is 2.67. The van der Waals surface area contributed by atoms with Crippen LogP contribution < -0.4 is 0 Å². The Morgan fingerprint density at radius 3 is 2.53 bits per heavy atom. The molecule has 1 heterocycles. The molecule has 1 N–H and O–H groups in total. The molecule has 5 fully saturated rings. The van der Waals surface area contributed by atoms with Crippen molar-refractivity contribution in [2.24, 2.45) is 40.4 Å². The van der Waals surface area contributed by atoms with Crippen LogP contribution in [0.25, 0.3) is 0 Å². The van der Waals surface area contributed by atoms with E-state index in [-0.39, 0.29) is 35.1 Å². The molecule has 0 aromatic rings. The number of nitrogens with zero attached hydrogens (tertiary/aromatic N) is 1. The van der Waals surface area contributed by atoms with Crippen molar-refractivity contribution in [3.8, 4) is 0 Å². The summed E-state index contributed by atoms with van der Waals surface area (Å²) in [6.07, 6.45) is 9.15. The maximum Gasteiger partial charge on any atom is 0.151 e. The number of aliphatic hydroxyl groups excluding tert-OH is 1. The van der Waals surface area contributed by atoms with E-state index in [1.54, 1.807) is 0 Å². The van der Waals surface area contributed by atoms with Gasteiger partial charge in [-0.25, -0.2) is 0 Å². The molecule has 30 heavy (non-hydrogen) atoms. The van der Waals surface area contributed by atoms with Crippen molar-refractivity contribution >= 4 is 17.4 Å². The molecule has 4 saturated carbocycles. The van der Waals surface area contributed by atoms with Crippen LogP contribution >= 0.6 is 11.6 Å². The molecule has 9 atom stereocenters. The second-order valence-corrected chi connectivity index (χ2v) is 11.9. The average molecular weight is 438 g/mol. The van der Waals surface area contributed by atoms with Gasteiger partial charge in [-0.1, -0.05) is 13.8 Å². The van der Waals surface area contributed by atoms with Crippen LogP contribution in [-0.2, 0) is 9.53 Å². The third kappa shape index (κ3) is 3.23. The topological polar surface area (TPSA) is 49.8 Å². The Labute approximate surface area is 187 Å². The fraction of sp³-hybridized carbons (Fsp3) is 0.960. The number of morpholine rings is 1. The molecule has 0 unspecified atom stereocenters. The van der Waals surface area contributed by atoms with Gasteiger partial charge in [0.1, 0.15) is 0 Å². The number of aliphatic hydroxyl groups is 1. The third-order valence-electron chi connectivity index (χ3n) is 10.7. The van der Waals surface area contributed by atoms with E-state index in [0.717, 1.165) is 57.4 Å². The molecule has 0 spiro atoms. The van der Waals surface area contributed by atoms with Crippen LogP contribution in [0.4, 0.5) is 0 Å². The van der Waals surface area contributed by atoms with E-state index >= 15 is 0 Å². The zero-order valence-electron chi connectivity index (χ0n) is 18.8. The Morgan fingerprint density at radius 2 is 1.80 bits per heavy atom. The summed E-state index contributed by atoms with van der Waals surface area (Å²) in [5.41, 5.74) is 0.481. The van der Waals surface area contributed by atoms with Crippen LogP contribution in [0.5, 0.6) is 0 Å². The normalized spacial score (nSPS) is 51.7. The molecule has 4 nitrogen and oxygen atoms in total. The minimum absolute atomic E-state index is 0.161. The van der Waals surface area contributed by atoms with E-state index in [9.17, 15) is 9.90 Å². The lowest BCUT2D eigenvalue weighted by Crippen LogP contribution is -2.60. The lowest BCUT2D eigenvalue weighted by Gasteiger charge is -2.62. The first-order valence-electron chi connectivity index (χ1n) is 12.5. The van der Waals surface area contributed by atoms with Gasteiger partial charge in [-0.05, 0) is 85.9 Å². The summed E-state index contributed by atoms with van der Waals surface area (Å²) in [6.45, 7) is 8.48. The fourth-order valence-corrected chi connectivity index (χ4v) is 9.37. The predicted molar refractivity (Wildman–Crippen MR) is 119 cm³/mol. The summed E-state index contributed by atoms with van der Waals surface area (Å²) in [7, 11) is 0. The predicted octanol–water partition coefficient (Wildman–Crippen LogP) is 4.12. The van der Waals surface area contributed by atoms with Gasteiger partial charge in [0.15, 0.2) is 5.78 Å². The standard InChI is InChI=1S/C25H40ClNO3/c1-24-8-7-19-17(18(24)5-6-20(24)23(29)15-26)4-3-16-13-22(28)21(14-25(16,19)2)27-9-11-30-12-10-27/h16-22,28H,3-15H2,1-2H3/t16-,17-,18+,19-,20+,21+,22-,24-,25-/m0/s1. The largest absolute Gasteiger partial charge is 0.391 e. The van der Waals surface area contributed by atoms with Gasteiger partial charge in [-0.15, -0.1) is 11.6 Å². The highest BCUT2D eigenvalue weighted by molar-refractivity contribution is 6.28. The molecular formula is C25H40ClNO3. The van der Waals surface area contributed by atoms with Gasteiger partial charge in [-0.3, -0.25) is 9.69 Å². The van der Waals surface area contributed by atoms with E-state index in [2.05, 4.69) is 18.7 Å². The van der Waals surface area contributed by atoms with Crippen molar-refractivity contribution in [1.29, 1.82) is 0 Å². The molecule has 5 heteroatoms. The Balaban J connectivity index is 1.39. The summed E-state index contributed by atoms with van der Waals surface area (Å²) in [4.78, 5) is 15.1. The molecule has 170 valence electrons. The van der Waals surface area contributed by atoms with Gasteiger partial charge in [0.05, 0.1) is 25.2 Å². The summed E-state index contributed by atoms with van der Waals surface area (Å²) in [6, 6.07) is 0.288. The number of halogens is 1. The highest BCUT2D eigenvalue weighted by Gasteiger charge is 2.62. The maximum atomic E-state index is 12.6. The lowest BCUT2D eigenvalue weighted by molar-refractivity contribution is -0.156. The second kappa shape index (κ2) is 8.01. The molecular weight excluding hydrogens is 398 g/mol. The number of alkyl halides is 1. The lowest BCUT2D eigenvalue weighted by atomic mass is 9.44. The highest BCUT2D eigenvalue weighted by atomic mass is 35.5. The van der Waals surface area contributed by atoms with Crippen molar-refractivity contribution in [3.63, 3.8) is 0 Å². The van der Waals surface area contributed by atoms with E-state index in [4.69, 9.17) is 16.3 Å². The first kappa shape index (κ1) is 21.7. The molecule has 1 saturated heterocycles. The van der Waals surface area contributed by atoms with Crippen molar-refractivity contribution in [3.05, 3.63) is 0 Å². The molecule has 0 aromatic carbocycles. The third-order valence-corrected chi connectivity index (χ3v) is 11.0. The summed E-state index contributed by atoms with van der Waals surface area (Å²) < 4.78 is 5.58. The number of Topliss-reactive ketones (excluding diaryl/α,β-unsaturated/α-hetero) is 1. The Morgan fingerprint density at radius 1 is 1.07 bits per heavy atom. The van der Waals surface area contributed by atoms with Gasteiger partial charge in [-0.2, -0.15) is 0 Å². The zero-order chi connectivity index (χ0) is 21.1. The van der Waals surface area contributed by atoms with E-state index in [1.807, 2.05) is 0 Å². The summed E-state index contributed by atoms with van der Waals surface area (Å²) >= 11 is 5.99. The second-order valence-electron chi connectivity index (χ2n) is 11.7. The van der Waals surface area contributed by atoms with Gasteiger partial charge >= 0.3 is 0 Å². The monoisotopic (exact) mass is 437 g/mol. The molecule has 5 aliphatic rings. The molecule has 1 aliphatic heterocycles. The number of carbonyl (C=O) groups excluding carboxylic acids is 1. The van der Waals surface area contributed by atoms with Gasteiger partial charge in [0, 0.05) is 25.0 Å². The number of ether oxygens (including phenoxy) is 1. The number of carbonyl (C=O) groups is 1. The molecule has 0 amide bonds. The molecule has 0 aromatic heterocycles. The summed E-state index contributed by atoms with van der Waals surface area (Å²) in [5.74, 6) is 3.47. The van der Waals surface area contributed by atoms with Crippen molar-refractivity contribution < 1.29 is 14.6 Å². The van der Waals surface area contributed by atoms with Crippen LogP contribution in [0.3, 0.4) is 0 Å². The van der Waals surface area contributed by atoms with Crippen LogP contribution in [0, 0.1) is 40.4 Å². The summed E-state index contributed by atoms with van der Waals surface area (Å²) in [5, 5.41) is 11.1. The Bertz CT molecular complexity index is 667. The quantitative estimate of drug-likeness (QED) is 0.674. The van der Waals surface area contributed by atoms with Crippen LogP contribution in [0.1, 0.15) is 65.2 Å². The smallest absolute Gasteiger partial charge is 0.151 e. The Hall–Kier alpha value is -0.160. The van der Waals surface area contributed by atoms with E-state index < -0.39 is 0 Å². The molecule has 0 bridgehead atoms. The maximum absolute atomic E-state index is 12.6. The molecule has 5 rings (SSSR count). The van der Waals surface area contributed by atoms with Crippen LogP contribution in [-0.4, -0.2) is 60.1 Å². The Kier molecular flexibility index (Phi) is 5.78. The van der Waals surface area contributed by atoms with Crippen LogP contribution in [0.2, 0.25) is 0 Å². The van der Waals surface area contributed by atoms with E-state index in [1.165, 1.54) is 32.1 Å². The van der Waals surface area contributed by atoms with Crippen molar-refractivity contribution in [2.75, 3.05) is 32.2 Å². The van der Waals surface area contributed by atoms with Crippen LogP contribution in [0.15, 0.2) is 0 Å². The van der Waals surface area contributed by atoms with Crippen molar-refractivity contribution in [1.82, 2.24) is 4.90 Å². The molecule has 0 radical (unpaired) electrons. The minimum atomic E-state index is -0.191. The average Bonchev–Trinajstić information content (AvgIpc) is 3.11. The first-order valence-corrected chi connectivity index (χ1v) is 13.0. The fourth-order valence-electron chi connectivity index (χ4n) is 9.18. The van der Waals surface area contributed by atoms with Gasteiger partial charge in [0.25, 0.3) is 0 Å². The number of hydrogen-bond donors (Lipinski definition) is 1. The van der Waals surface area contributed by atoms with Gasteiger partial charge < -0.3 is 9.84 Å². The van der Waals surface area contributed by atoms with Crippen molar-refractivity contribution in [2.45, 2.75) is 77.4 Å².